The average molecular weight is 203 g/mol. The Balaban J connectivity index is 2.08. The molecule has 0 aliphatic heterocycles. The van der Waals surface area contributed by atoms with Gasteiger partial charge in [-0.2, -0.15) is 0 Å². The third kappa shape index (κ3) is 2.05. The van der Waals surface area contributed by atoms with Gasteiger partial charge in [0.1, 0.15) is 0 Å². The fourth-order valence-corrected chi connectivity index (χ4v) is 1.98. The van der Waals surface area contributed by atoms with Crippen LogP contribution in [0.25, 0.3) is 0 Å². The van der Waals surface area contributed by atoms with Crippen LogP contribution in [0.15, 0.2) is 21.7 Å². The minimum atomic E-state index is 0.896. The van der Waals surface area contributed by atoms with Crippen molar-refractivity contribution in [2.75, 3.05) is 0 Å². The van der Waals surface area contributed by atoms with E-state index in [4.69, 9.17) is 23.2 Å². The summed E-state index contributed by atoms with van der Waals surface area (Å²) < 4.78 is 0. The summed E-state index contributed by atoms with van der Waals surface area (Å²) in [5.41, 5.74) is 1.29. The Morgan fingerprint density at radius 2 is 2.00 bits per heavy atom. The largest absolute Gasteiger partial charge is 0.0891 e. The molecule has 0 atom stereocenters. The molecule has 1 fully saturated rings. The second-order valence-electron chi connectivity index (χ2n) is 3.67. The van der Waals surface area contributed by atoms with Crippen molar-refractivity contribution in [3.8, 4) is 0 Å². The minimum absolute atomic E-state index is 0.896. The normalized spacial score (nSPS) is 24.3. The van der Waals surface area contributed by atoms with E-state index in [9.17, 15) is 0 Å². The summed E-state index contributed by atoms with van der Waals surface area (Å²) in [6.45, 7) is 0. The maximum Gasteiger partial charge on any atom is 0.0217 e. The monoisotopic (exact) mass is 202 g/mol. The lowest BCUT2D eigenvalue weighted by molar-refractivity contribution is 0.813. The predicted octanol–water partition coefficient (Wildman–Crippen LogP) is 4.20. The Morgan fingerprint density at radius 1 is 1.25 bits per heavy atom. The zero-order valence-electron chi connectivity index (χ0n) is 6.95. The lowest BCUT2D eigenvalue weighted by Gasteiger charge is -2.12. The quantitative estimate of drug-likeness (QED) is 0.630. The van der Waals surface area contributed by atoms with Crippen molar-refractivity contribution in [2.24, 2.45) is 5.92 Å². The third-order valence-corrected chi connectivity index (χ3v) is 3.20. The molecule has 0 nitrogen and oxygen atoms in total. The summed E-state index contributed by atoms with van der Waals surface area (Å²) in [5.74, 6) is 0.896. The van der Waals surface area contributed by atoms with Crippen LogP contribution in [0.5, 0.6) is 0 Å². The van der Waals surface area contributed by atoms with Crippen molar-refractivity contribution >= 4 is 23.2 Å². The van der Waals surface area contributed by atoms with Gasteiger partial charge in [0.05, 0.1) is 0 Å². The van der Waals surface area contributed by atoms with Gasteiger partial charge in [0.25, 0.3) is 0 Å². The summed E-state index contributed by atoms with van der Waals surface area (Å²) in [7, 11) is 0. The molecule has 2 aliphatic rings. The molecule has 12 heavy (non-hydrogen) atoms. The molecular formula is C10H12Cl2. The van der Waals surface area contributed by atoms with Gasteiger partial charge in [-0.05, 0) is 49.7 Å². The molecule has 0 radical (unpaired) electrons. The van der Waals surface area contributed by atoms with Gasteiger partial charge >= 0.3 is 0 Å². The molecule has 0 aromatic carbocycles. The third-order valence-electron chi connectivity index (χ3n) is 2.47. The summed E-state index contributed by atoms with van der Waals surface area (Å²) >= 11 is 12.0. The van der Waals surface area contributed by atoms with Crippen LogP contribution in [0.2, 0.25) is 0 Å². The van der Waals surface area contributed by atoms with E-state index in [-0.39, 0.29) is 0 Å². The smallest absolute Gasteiger partial charge is 0.0217 e. The molecule has 0 saturated heterocycles. The summed E-state index contributed by atoms with van der Waals surface area (Å²) in [5, 5.41) is 2.00. The zero-order chi connectivity index (χ0) is 8.55. The highest BCUT2D eigenvalue weighted by molar-refractivity contribution is 6.32. The maximum absolute atomic E-state index is 6.10. The van der Waals surface area contributed by atoms with Crippen LogP contribution in [-0.4, -0.2) is 0 Å². The fourth-order valence-electron chi connectivity index (χ4n) is 1.53. The molecule has 2 rings (SSSR count). The number of rotatable bonds is 2. The molecule has 0 heterocycles. The molecule has 0 amide bonds. The van der Waals surface area contributed by atoms with E-state index in [0.29, 0.717) is 0 Å². The van der Waals surface area contributed by atoms with E-state index in [2.05, 4.69) is 6.08 Å². The van der Waals surface area contributed by atoms with Crippen LogP contribution in [-0.2, 0) is 0 Å². The highest BCUT2D eigenvalue weighted by atomic mass is 35.5. The predicted molar refractivity (Wildman–Crippen MR) is 53.4 cm³/mol. The molecule has 0 aromatic rings. The molecule has 0 spiro atoms. The number of hydrogen-bond acceptors (Lipinski definition) is 0. The fraction of sp³-hybridized carbons (Fsp3) is 0.600. The average Bonchev–Trinajstić information content (AvgIpc) is 2.81. The van der Waals surface area contributed by atoms with E-state index in [1.54, 1.807) is 0 Å². The molecule has 0 bridgehead atoms. The second kappa shape index (κ2) is 3.43. The van der Waals surface area contributed by atoms with E-state index in [0.717, 1.165) is 35.2 Å². The summed E-state index contributed by atoms with van der Waals surface area (Å²) in [4.78, 5) is 0. The SMILES string of the molecule is ClC1=CC(CC2CC2)=C(Cl)CC1. The highest BCUT2D eigenvalue weighted by Crippen LogP contribution is 2.39. The Morgan fingerprint density at radius 3 is 2.67 bits per heavy atom. The maximum atomic E-state index is 6.10. The van der Waals surface area contributed by atoms with Crippen molar-refractivity contribution in [3.05, 3.63) is 21.7 Å². The van der Waals surface area contributed by atoms with Crippen LogP contribution < -0.4 is 0 Å². The van der Waals surface area contributed by atoms with Gasteiger partial charge in [0.15, 0.2) is 0 Å². The first-order valence-corrected chi connectivity index (χ1v) is 5.25. The van der Waals surface area contributed by atoms with Crippen LogP contribution in [0.1, 0.15) is 32.1 Å². The lowest BCUT2D eigenvalue weighted by Crippen LogP contribution is -1.93. The summed E-state index contributed by atoms with van der Waals surface area (Å²) in [6.07, 6.45) is 7.83. The van der Waals surface area contributed by atoms with Gasteiger partial charge < -0.3 is 0 Å². The Kier molecular flexibility index (Phi) is 2.47. The van der Waals surface area contributed by atoms with Crippen LogP contribution in [0.3, 0.4) is 0 Å². The van der Waals surface area contributed by atoms with Crippen molar-refractivity contribution in [1.29, 1.82) is 0 Å². The van der Waals surface area contributed by atoms with Gasteiger partial charge in [-0.1, -0.05) is 23.2 Å². The van der Waals surface area contributed by atoms with Crippen molar-refractivity contribution in [3.63, 3.8) is 0 Å². The van der Waals surface area contributed by atoms with Gasteiger partial charge in [0.2, 0.25) is 0 Å². The standard InChI is InChI=1S/C10H12Cl2/c11-9-3-4-10(12)8(6-9)5-7-1-2-7/h6-7H,1-5H2. The molecule has 66 valence electrons. The number of halogens is 2. The van der Waals surface area contributed by atoms with Gasteiger partial charge in [-0.3, -0.25) is 0 Å². The zero-order valence-corrected chi connectivity index (χ0v) is 8.46. The van der Waals surface area contributed by atoms with E-state index < -0.39 is 0 Å². The van der Waals surface area contributed by atoms with E-state index >= 15 is 0 Å². The first-order valence-electron chi connectivity index (χ1n) is 4.49. The molecule has 2 heteroatoms. The van der Waals surface area contributed by atoms with Crippen LogP contribution in [0.4, 0.5) is 0 Å². The van der Waals surface area contributed by atoms with Gasteiger partial charge in [-0.25, -0.2) is 0 Å². The van der Waals surface area contributed by atoms with Crippen molar-refractivity contribution in [1.82, 2.24) is 0 Å². The first kappa shape index (κ1) is 8.65. The highest BCUT2D eigenvalue weighted by Gasteiger charge is 2.24. The van der Waals surface area contributed by atoms with Gasteiger partial charge in [0, 0.05) is 10.1 Å². The Hall–Kier alpha value is 0.0600. The number of allylic oxidation sites excluding steroid dienone is 4. The molecule has 0 N–H and O–H groups in total. The first-order chi connectivity index (χ1) is 5.75. The van der Waals surface area contributed by atoms with E-state index in [1.807, 2.05) is 0 Å². The molecule has 1 saturated carbocycles. The molecular weight excluding hydrogens is 191 g/mol. The van der Waals surface area contributed by atoms with E-state index in [1.165, 1.54) is 18.4 Å². The summed E-state index contributed by atoms with van der Waals surface area (Å²) in [6, 6.07) is 0. The number of hydrogen-bond donors (Lipinski definition) is 0. The minimum Gasteiger partial charge on any atom is -0.0891 e. The molecule has 0 unspecified atom stereocenters. The van der Waals surface area contributed by atoms with Crippen molar-refractivity contribution in [2.45, 2.75) is 32.1 Å². The molecule has 2 aliphatic carbocycles. The molecule has 0 aromatic heterocycles. The van der Waals surface area contributed by atoms with Gasteiger partial charge in [-0.15, -0.1) is 0 Å². The topological polar surface area (TPSA) is 0 Å². The lowest BCUT2D eigenvalue weighted by atomic mass is 10.0. The second-order valence-corrected chi connectivity index (χ2v) is 4.61. The van der Waals surface area contributed by atoms with Crippen LogP contribution in [0, 0.1) is 5.92 Å². The van der Waals surface area contributed by atoms with Crippen LogP contribution >= 0.6 is 23.2 Å². The Labute approximate surface area is 83.2 Å². The Bertz CT molecular complexity index is 247. The van der Waals surface area contributed by atoms with Crippen molar-refractivity contribution < 1.29 is 0 Å².